The smallest absolute Gasteiger partial charge is 0.303 e. The van der Waals surface area contributed by atoms with Gasteiger partial charge in [0.2, 0.25) is 0 Å². The summed E-state index contributed by atoms with van der Waals surface area (Å²) in [7, 11) is 0. The van der Waals surface area contributed by atoms with Crippen molar-refractivity contribution in [3.8, 4) is 0 Å². The lowest BCUT2D eigenvalue weighted by Gasteiger charge is -2.39. The van der Waals surface area contributed by atoms with Crippen molar-refractivity contribution < 1.29 is 9.90 Å². The lowest BCUT2D eigenvalue weighted by atomic mass is 9.66. The molecule has 0 aromatic heterocycles. The highest BCUT2D eigenvalue weighted by Crippen LogP contribution is 2.46. The number of hydrogen-bond donors (Lipinski definition) is 1. The molecule has 1 N–H and O–H groups in total. The van der Waals surface area contributed by atoms with Crippen molar-refractivity contribution in [1.82, 2.24) is 0 Å². The van der Waals surface area contributed by atoms with Gasteiger partial charge in [-0.25, -0.2) is 0 Å². The zero-order valence-electron chi connectivity index (χ0n) is 8.74. The first-order chi connectivity index (χ1) is 6.75. The van der Waals surface area contributed by atoms with Gasteiger partial charge in [-0.05, 0) is 37.0 Å². The number of aliphatic carboxylic acids is 1. The SMILES string of the molecule is O=C(O)CCC1CC(C2CCCC2)C1. The van der Waals surface area contributed by atoms with Crippen LogP contribution < -0.4 is 0 Å². The summed E-state index contributed by atoms with van der Waals surface area (Å²) >= 11 is 0. The fourth-order valence-electron chi connectivity index (χ4n) is 3.16. The third-order valence-electron chi connectivity index (χ3n) is 4.11. The Morgan fingerprint density at radius 2 is 1.79 bits per heavy atom. The molecule has 2 rings (SSSR count). The third kappa shape index (κ3) is 2.28. The predicted molar refractivity (Wildman–Crippen MR) is 55.0 cm³/mol. The molecular weight excluding hydrogens is 176 g/mol. The van der Waals surface area contributed by atoms with E-state index >= 15 is 0 Å². The molecule has 2 heteroatoms. The third-order valence-corrected chi connectivity index (χ3v) is 4.11. The fraction of sp³-hybridized carbons (Fsp3) is 0.917. The summed E-state index contributed by atoms with van der Waals surface area (Å²) in [6.45, 7) is 0. The molecule has 0 atom stereocenters. The van der Waals surface area contributed by atoms with E-state index in [1.165, 1.54) is 38.5 Å². The molecular formula is C12H20O2. The minimum Gasteiger partial charge on any atom is -0.481 e. The quantitative estimate of drug-likeness (QED) is 0.750. The fourth-order valence-corrected chi connectivity index (χ4v) is 3.16. The molecule has 2 nitrogen and oxygen atoms in total. The van der Waals surface area contributed by atoms with E-state index in [0.717, 1.165) is 24.2 Å². The van der Waals surface area contributed by atoms with Gasteiger partial charge in [0.05, 0.1) is 0 Å². The number of rotatable bonds is 4. The van der Waals surface area contributed by atoms with E-state index in [2.05, 4.69) is 0 Å². The summed E-state index contributed by atoms with van der Waals surface area (Å²) in [4.78, 5) is 10.4. The Labute approximate surface area is 85.7 Å². The van der Waals surface area contributed by atoms with Gasteiger partial charge in [-0.15, -0.1) is 0 Å². The number of carbonyl (C=O) groups is 1. The van der Waals surface area contributed by atoms with E-state index in [9.17, 15) is 4.79 Å². The Hall–Kier alpha value is -0.530. The van der Waals surface area contributed by atoms with Crippen LogP contribution in [-0.4, -0.2) is 11.1 Å². The Morgan fingerprint density at radius 3 is 2.36 bits per heavy atom. The molecule has 0 radical (unpaired) electrons. The minimum absolute atomic E-state index is 0.377. The molecule has 0 saturated heterocycles. The van der Waals surface area contributed by atoms with Crippen LogP contribution in [0.25, 0.3) is 0 Å². The molecule has 0 spiro atoms. The van der Waals surface area contributed by atoms with E-state index in [1.807, 2.05) is 0 Å². The second kappa shape index (κ2) is 4.33. The summed E-state index contributed by atoms with van der Waals surface area (Å²) in [5.41, 5.74) is 0. The van der Waals surface area contributed by atoms with Gasteiger partial charge in [-0.2, -0.15) is 0 Å². The van der Waals surface area contributed by atoms with Crippen molar-refractivity contribution >= 4 is 5.97 Å². The van der Waals surface area contributed by atoms with Crippen molar-refractivity contribution in [2.45, 2.75) is 51.4 Å². The van der Waals surface area contributed by atoms with E-state index in [1.54, 1.807) is 0 Å². The van der Waals surface area contributed by atoms with Gasteiger partial charge in [0.25, 0.3) is 0 Å². The van der Waals surface area contributed by atoms with Crippen LogP contribution >= 0.6 is 0 Å². The maximum Gasteiger partial charge on any atom is 0.303 e. The summed E-state index contributed by atoms with van der Waals surface area (Å²) in [6.07, 6.45) is 9.67. The van der Waals surface area contributed by atoms with Gasteiger partial charge in [0, 0.05) is 6.42 Å². The Bertz CT molecular complexity index is 200. The average Bonchev–Trinajstić information content (AvgIpc) is 2.53. The molecule has 0 amide bonds. The van der Waals surface area contributed by atoms with Crippen LogP contribution in [0.15, 0.2) is 0 Å². The lowest BCUT2D eigenvalue weighted by Crippen LogP contribution is -2.29. The van der Waals surface area contributed by atoms with Crippen LogP contribution in [-0.2, 0) is 4.79 Å². The molecule has 0 bridgehead atoms. The summed E-state index contributed by atoms with van der Waals surface area (Å²) < 4.78 is 0. The van der Waals surface area contributed by atoms with Gasteiger partial charge in [0.1, 0.15) is 0 Å². The Kier molecular flexibility index (Phi) is 3.09. The lowest BCUT2D eigenvalue weighted by molar-refractivity contribution is -0.137. The Balaban J connectivity index is 1.61. The zero-order chi connectivity index (χ0) is 9.97. The molecule has 0 aromatic carbocycles. The molecule has 2 saturated carbocycles. The largest absolute Gasteiger partial charge is 0.481 e. The van der Waals surface area contributed by atoms with Crippen molar-refractivity contribution in [2.24, 2.45) is 17.8 Å². The monoisotopic (exact) mass is 196 g/mol. The topological polar surface area (TPSA) is 37.3 Å². The molecule has 2 aliphatic carbocycles. The molecule has 0 aliphatic heterocycles. The summed E-state index contributed by atoms with van der Waals surface area (Å²) in [6, 6.07) is 0. The van der Waals surface area contributed by atoms with Gasteiger partial charge < -0.3 is 5.11 Å². The van der Waals surface area contributed by atoms with Crippen molar-refractivity contribution in [2.75, 3.05) is 0 Å². The van der Waals surface area contributed by atoms with Gasteiger partial charge >= 0.3 is 5.97 Å². The van der Waals surface area contributed by atoms with Gasteiger partial charge in [0.15, 0.2) is 0 Å². The van der Waals surface area contributed by atoms with Gasteiger partial charge in [-0.1, -0.05) is 25.7 Å². The first-order valence-electron chi connectivity index (χ1n) is 5.97. The molecule has 0 aromatic rings. The summed E-state index contributed by atoms with van der Waals surface area (Å²) in [5.74, 6) is 2.05. The van der Waals surface area contributed by atoms with Gasteiger partial charge in [-0.3, -0.25) is 4.79 Å². The molecule has 2 aliphatic rings. The van der Waals surface area contributed by atoms with Crippen LogP contribution in [0.2, 0.25) is 0 Å². The van der Waals surface area contributed by atoms with Crippen LogP contribution in [0, 0.1) is 17.8 Å². The normalized spacial score (nSPS) is 32.9. The Morgan fingerprint density at radius 1 is 1.14 bits per heavy atom. The standard InChI is InChI=1S/C12H20O2/c13-12(14)6-5-9-7-11(8-9)10-3-1-2-4-10/h9-11H,1-8H2,(H,13,14). The molecule has 80 valence electrons. The first-order valence-corrected chi connectivity index (χ1v) is 5.97. The number of carboxylic acids is 1. The molecule has 2 fully saturated rings. The van der Waals surface area contributed by atoms with Crippen LogP contribution in [0.5, 0.6) is 0 Å². The summed E-state index contributed by atoms with van der Waals surface area (Å²) in [5, 5.41) is 8.56. The average molecular weight is 196 g/mol. The van der Waals surface area contributed by atoms with Crippen molar-refractivity contribution in [1.29, 1.82) is 0 Å². The van der Waals surface area contributed by atoms with Crippen LogP contribution in [0.4, 0.5) is 0 Å². The van der Waals surface area contributed by atoms with Crippen LogP contribution in [0.1, 0.15) is 51.4 Å². The highest BCUT2D eigenvalue weighted by molar-refractivity contribution is 5.66. The van der Waals surface area contributed by atoms with E-state index in [0.29, 0.717) is 6.42 Å². The predicted octanol–water partition coefficient (Wildman–Crippen LogP) is 3.07. The second-order valence-electron chi connectivity index (χ2n) is 5.07. The minimum atomic E-state index is -0.630. The van der Waals surface area contributed by atoms with E-state index < -0.39 is 5.97 Å². The molecule has 0 heterocycles. The highest BCUT2D eigenvalue weighted by Gasteiger charge is 2.35. The first kappa shape index (κ1) is 10.0. The van der Waals surface area contributed by atoms with Crippen LogP contribution in [0.3, 0.4) is 0 Å². The highest BCUT2D eigenvalue weighted by atomic mass is 16.4. The number of carboxylic acid groups (broad SMARTS) is 1. The van der Waals surface area contributed by atoms with Crippen molar-refractivity contribution in [3.63, 3.8) is 0 Å². The number of hydrogen-bond acceptors (Lipinski definition) is 1. The molecule has 14 heavy (non-hydrogen) atoms. The zero-order valence-corrected chi connectivity index (χ0v) is 8.74. The van der Waals surface area contributed by atoms with E-state index in [-0.39, 0.29) is 0 Å². The van der Waals surface area contributed by atoms with E-state index in [4.69, 9.17) is 5.11 Å². The van der Waals surface area contributed by atoms with Crippen molar-refractivity contribution in [3.05, 3.63) is 0 Å². The molecule has 0 unspecified atom stereocenters. The second-order valence-corrected chi connectivity index (χ2v) is 5.07. The maximum atomic E-state index is 10.4. The maximum absolute atomic E-state index is 10.4.